The SMILES string of the molecule is CCCCC(C#N)(C(=O)OCC)C(C)C. The Morgan fingerprint density at radius 3 is 2.40 bits per heavy atom. The summed E-state index contributed by atoms with van der Waals surface area (Å²) in [6.07, 6.45) is 2.45. The first-order valence-corrected chi connectivity index (χ1v) is 5.63. The molecule has 0 saturated carbocycles. The van der Waals surface area contributed by atoms with Gasteiger partial charge in [0, 0.05) is 0 Å². The van der Waals surface area contributed by atoms with Gasteiger partial charge in [-0.2, -0.15) is 5.26 Å². The van der Waals surface area contributed by atoms with Crippen LogP contribution in [0.25, 0.3) is 0 Å². The molecule has 0 aliphatic heterocycles. The largest absolute Gasteiger partial charge is 0.465 e. The van der Waals surface area contributed by atoms with Crippen molar-refractivity contribution in [3.05, 3.63) is 0 Å². The summed E-state index contributed by atoms with van der Waals surface area (Å²) in [5.74, 6) is -0.371. The lowest BCUT2D eigenvalue weighted by Crippen LogP contribution is -2.36. The fourth-order valence-corrected chi connectivity index (χ4v) is 1.57. The number of rotatable bonds is 6. The molecule has 0 radical (unpaired) electrons. The molecule has 0 heterocycles. The third-order valence-corrected chi connectivity index (χ3v) is 2.75. The smallest absolute Gasteiger partial charge is 0.326 e. The van der Waals surface area contributed by atoms with Crippen LogP contribution in [-0.2, 0) is 9.53 Å². The van der Waals surface area contributed by atoms with Gasteiger partial charge in [-0.15, -0.1) is 0 Å². The Labute approximate surface area is 92.4 Å². The average molecular weight is 211 g/mol. The summed E-state index contributed by atoms with van der Waals surface area (Å²) in [6.45, 7) is 7.94. The van der Waals surface area contributed by atoms with E-state index < -0.39 is 5.41 Å². The van der Waals surface area contributed by atoms with E-state index in [9.17, 15) is 10.1 Å². The van der Waals surface area contributed by atoms with Gasteiger partial charge in [-0.05, 0) is 19.3 Å². The molecule has 0 saturated heterocycles. The minimum absolute atomic E-state index is 0.00639. The molecular formula is C12H21NO2. The Hall–Kier alpha value is -1.04. The maximum absolute atomic E-state index is 11.8. The minimum Gasteiger partial charge on any atom is -0.465 e. The summed E-state index contributed by atoms with van der Waals surface area (Å²) < 4.78 is 5.00. The van der Waals surface area contributed by atoms with Crippen molar-refractivity contribution in [2.45, 2.75) is 47.0 Å². The second kappa shape index (κ2) is 6.44. The number of hydrogen-bond acceptors (Lipinski definition) is 3. The Balaban J connectivity index is 4.82. The van der Waals surface area contributed by atoms with Crippen LogP contribution in [0.4, 0.5) is 0 Å². The lowest BCUT2D eigenvalue weighted by atomic mass is 9.74. The molecule has 0 amide bonds. The molecular weight excluding hydrogens is 190 g/mol. The van der Waals surface area contributed by atoms with Gasteiger partial charge in [0.25, 0.3) is 0 Å². The van der Waals surface area contributed by atoms with Crippen LogP contribution in [0, 0.1) is 22.7 Å². The van der Waals surface area contributed by atoms with E-state index in [2.05, 4.69) is 6.07 Å². The first-order valence-electron chi connectivity index (χ1n) is 5.63. The molecule has 0 aromatic carbocycles. The van der Waals surface area contributed by atoms with Crippen molar-refractivity contribution >= 4 is 5.97 Å². The van der Waals surface area contributed by atoms with Gasteiger partial charge in [0.1, 0.15) is 0 Å². The third-order valence-electron chi connectivity index (χ3n) is 2.75. The van der Waals surface area contributed by atoms with Gasteiger partial charge in [-0.3, -0.25) is 4.79 Å². The lowest BCUT2D eigenvalue weighted by Gasteiger charge is -2.27. The zero-order valence-electron chi connectivity index (χ0n) is 10.2. The van der Waals surface area contributed by atoms with E-state index in [-0.39, 0.29) is 11.9 Å². The molecule has 0 aliphatic rings. The Kier molecular flexibility index (Phi) is 6.00. The van der Waals surface area contributed by atoms with Crippen molar-refractivity contribution in [1.82, 2.24) is 0 Å². The van der Waals surface area contributed by atoms with Crippen LogP contribution in [0.15, 0.2) is 0 Å². The summed E-state index contributed by atoms with van der Waals surface area (Å²) in [4.78, 5) is 11.8. The van der Waals surface area contributed by atoms with E-state index in [4.69, 9.17) is 4.74 Å². The third kappa shape index (κ3) is 3.23. The molecule has 0 bridgehead atoms. The van der Waals surface area contributed by atoms with Gasteiger partial charge >= 0.3 is 5.97 Å². The molecule has 3 heteroatoms. The number of nitriles is 1. The molecule has 0 fully saturated rings. The number of esters is 1. The zero-order valence-corrected chi connectivity index (χ0v) is 10.2. The first-order chi connectivity index (χ1) is 7.05. The molecule has 86 valence electrons. The lowest BCUT2D eigenvalue weighted by molar-refractivity contribution is -0.154. The Morgan fingerprint density at radius 2 is 2.07 bits per heavy atom. The summed E-state index contributed by atoms with van der Waals surface area (Å²) >= 11 is 0. The molecule has 15 heavy (non-hydrogen) atoms. The molecule has 0 rings (SSSR count). The predicted octanol–water partition coefficient (Wildman–Crippen LogP) is 2.91. The Morgan fingerprint density at radius 1 is 1.47 bits per heavy atom. The van der Waals surface area contributed by atoms with Crippen LogP contribution in [0.3, 0.4) is 0 Å². The van der Waals surface area contributed by atoms with Gasteiger partial charge in [0.2, 0.25) is 0 Å². The zero-order chi connectivity index (χ0) is 11.9. The van der Waals surface area contributed by atoms with Crippen molar-refractivity contribution in [2.75, 3.05) is 6.61 Å². The van der Waals surface area contributed by atoms with Gasteiger partial charge in [-0.1, -0.05) is 33.6 Å². The number of nitrogens with zero attached hydrogens (tertiary/aromatic N) is 1. The fraction of sp³-hybridized carbons (Fsp3) is 0.833. The van der Waals surface area contributed by atoms with Crippen LogP contribution in [0.1, 0.15) is 47.0 Å². The second-order valence-corrected chi connectivity index (χ2v) is 4.06. The highest BCUT2D eigenvalue weighted by Gasteiger charge is 2.42. The average Bonchev–Trinajstić information content (AvgIpc) is 2.19. The van der Waals surface area contributed by atoms with Gasteiger partial charge < -0.3 is 4.74 Å². The minimum atomic E-state index is -0.952. The second-order valence-electron chi connectivity index (χ2n) is 4.06. The predicted molar refractivity (Wildman–Crippen MR) is 59.0 cm³/mol. The number of carbonyl (C=O) groups excluding carboxylic acids is 1. The van der Waals surface area contributed by atoms with Crippen molar-refractivity contribution in [3.63, 3.8) is 0 Å². The normalized spacial score (nSPS) is 14.4. The highest BCUT2D eigenvalue weighted by atomic mass is 16.5. The van der Waals surface area contributed by atoms with Crippen LogP contribution in [0.5, 0.6) is 0 Å². The fourth-order valence-electron chi connectivity index (χ4n) is 1.57. The topological polar surface area (TPSA) is 50.1 Å². The summed E-state index contributed by atoms with van der Waals surface area (Å²) in [7, 11) is 0. The Bertz CT molecular complexity index is 242. The standard InChI is InChI=1S/C12H21NO2/c1-5-7-8-12(9-13,10(3)4)11(14)15-6-2/h10H,5-8H2,1-4H3. The quantitative estimate of drug-likeness (QED) is 0.635. The van der Waals surface area contributed by atoms with E-state index in [1.54, 1.807) is 6.92 Å². The number of carbonyl (C=O) groups is 1. The summed E-state index contributed by atoms with van der Waals surface area (Å²) in [5, 5.41) is 9.22. The molecule has 1 unspecified atom stereocenters. The van der Waals surface area contributed by atoms with Crippen LogP contribution in [-0.4, -0.2) is 12.6 Å². The molecule has 0 aliphatic carbocycles. The number of hydrogen-bond donors (Lipinski definition) is 0. The number of ether oxygens (including phenoxy) is 1. The first kappa shape index (κ1) is 14.0. The molecule has 0 aromatic rings. The molecule has 0 spiro atoms. The van der Waals surface area contributed by atoms with Crippen molar-refractivity contribution in [3.8, 4) is 6.07 Å². The van der Waals surface area contributed by atoms with Crippen LogP contribution in [0.2, 0.25) is 0 Å². The van der Waals surface area contributed by atoms with E-state index >= 15 is 0 Å². The van der Waals surface area contributed by atoms with Crippen LogP contribution >= 0.6 is 0 Å². The van der Waals surface area contributed by atoms with Gasteiger partial charge in [-0.25, -0.2) is 0 Å². The van der Waals surface area contributed by atoms with E-state index in [1.165, 1.54) is 0 Å². The molecule has 0 N–H and O–H groups in total. The molecule has 1 atom stereocenters. The van der Waals surface area contributed by atoms with E-state index in [0.29, 0.717) is 13.0 Å². The monoisotopic (exact) mass is 211 g/mol. The highest BCUT2D eigenvalue weighted by molar-refractivity contribution is 5.80. The van der Waals surface area contributed by atoms with Gasteiger partial charge in [0.05, 0.1) is 12.7 Å². The molecule has 0 aromatic heterocycles. The maximum atomic E-state index is 11.8. The number of unbranched alkanes of at least 4 members (excludes halogenated alkanes) is 1. The highest BCUT2D eigenvalue weighted by Crippen LogP contribution is 2.34. The van der Waals surface area contributed by atoms with Crippen molar-refractivity contribution in [1.29, 1.82) is 5.26 Å². The summed E-state index contributed by atoms with van der Waals surface area (Å²) in [5.41, 5.74) is -0.952. The van der Waals surface area contributed by atoms with E-state index in [1.807, 2.05) is 20.8 Å². The summed E-state index contributed by atoms with van der Waals surface area (Å²) in [6, 6.07) is 2.16. The molecule has 3 nitrogen and oxygen atoms in total. The van der Waals surface area contributed by atoms with Gasteiger partial charge in [0.15, 0.2) is 5.41 Å². The maximum Gasteiger partial charge on any atom is 0.326 e. The van der Waals surface area contributed by atoms with Crippen LogP contribution < -0.4 is 0 Å². The van der Waals surface area contributed by atoms with E-state index in [0.717, 1.165) is 12.8 Å². The van der Waals surface area contributed by atoms with Crippen molar-refractivity contribution in [2.24, 2.45) is 11.3 Å². The van der Waals surface area contributed by atoms with Crippen molar-refractivity contribution < 1.29 is 9.53 Å².